The number of urea groups is 1. The summed E-state index contributed by atoms with van der Waals surface area (Å²) in [6.45, 7) is 5.09. The van der Waals surface area contributed by atoms with Gasteiger partial charge in [-0.3, -0.25) is 4.90 Å². The van der Waals surface area contributed by atoms with E-state index in [-0.39, 0.29) is 6.03 Å². The van der Waals surface area contributed by atoms with Crippen molar-refractivity contribution in [3.8, 4) is 0 Å². The summed E-state index contributed by atoms with van der Waals surface area (Å²) in [6.07, 6.45) is 0.907. The zero-order valence-corrected chi connectivity index (χ0v) is 5.16. The third-order valence-corrected chi connectivity index (χ3v) is 0.979. The molecule has 0 bridgehead atoms. The van der Waals surface area contributed by atoms with E-state index in [1.807, 2.05) is 6.92 Å². The lowest BCUT2D eigenvalue weighted by Gasteiger charge is -2.06. The minimum atomic E-state index is -0.308. The van der Waals surface area contributed by atoms with E-state index >= 15 is 0 Å². The van der Waals surface area contributed by atoms with Crippen molar-refractivity contribution < 1.29 is 4.79 Å². The molecule has 0 saturated heterocycles. The summed E-state index contributed by atoms with van der Waals surface area (Å²) in [5.74, 6) is 0. The average molecular weight is 125 g/mol. The van der Waals surface area contributed by atoms with Crippen LogP contribution in [0.2, 0.25) is 0 Å². The Kier molecular flexibility index (Phi) is 1.77. The van der Waals surface area contributed by atoms with Crippen LogP contribution in [0.15, 0.2) is 10.2 Å². The smallest absolute Gasteiger partial charge is 0.287 e. The lowest BCUT2D eigenvalue weighted by Crippen LogP contribution is -2.21. The Morgan fingerprint density at radius 3 is 3.00 bits per heavy atom. The fraction of sp³-hybridized carbons (Fsp3) is 0.600. The van der Waals surface area contributed by atoms with Crippen LogP contribution in [-0.2, 0) is 0 Å². The quantitative estimate of drug-likeness (QED) is 0.548. The first-order valence-electron chi connectivity index (χ1n) is 2.82. The van der Waals surface area contributed by atoms with Crippen LogP contribution in [0.4, 0.5) is 4.79 Å². The third kappa shape index (κ3) is 1.25. The van der Waals surface area contributed by atoms with Crippen molar-refractivity contribution in [2.45, 2.75) is 13.3 Å². The largest absolute Gasteiger partial charge is 0.364 e. The Hall–Kier alpha value is -0.930. The van der Waals surface area contributed by atoms with Crippen molar-refractivity contribution in [3.63, 3.8) is 0 Å². The number of carbonyl (C=O) groups is 1. The fourth-order valence-corrected chi connectivity index (χ4v) is 0.585. The molecule has 48 valence electrons. The normalized spacial score (nSPS) is 17.4. The van der Waals surface area contributed by atoms with Crippen molar-refractivity contribution in [3.05, 3.63) is 6.67 Å². The van der Waals surface area contributed by atoms with Crippen molar-refractivity contribution in [1.82, 2.24) is 4.90 Å². The van der Waals surface area contributed by atoms with Gasteiger partial charge in [-0.1, -0.05) is 12.0 Å². The van der Waals surface area contributed by atoms with Crippen LogP contribution in [0.25, 0.3) is 0 Å². The second-order valence-electron chi connectivity index (χ2n) is 1.73. The highest BCUT2D eigenvalue weighted by atomic mass is 16.2. The van der Waals surface area contributed by atoms with Gasteiger partial charge in [0.2, 0.25) is 0 Å². The first-order valence-corrected chi connectivity index (χ1v) is 2.82. The fourth-order valence-electron chi connectivity index (χ4n) is 0.585. The van der Waals surface area contributed by atoms with E-state index in [0.717, 1.165) is 6.42 Å². The Morgan fingerprint density at radius 2 is 2.56 bits per heavy atom. The summed E-state index contributed by atoms with van der Waals surface area (Å²) in [4.78, 5) is 11.9. The van der Waals surface area contributed by atoms with Crippen LogP contribution in [-0.4, -0.2) is 17.5 Å². The van der Waals surface area contributed by atoms with Crippen LogP contribution in [0.3, 0.4) is 0 Å². The number of carbonyl (C=O) groups excluding carboxylic acids is 1. The van der Waals surface area contributed by atoms with Crippen molar-refractivity contribution in [2.24, 2.45) is 10.2 Å². The molecule has 0 aromatic carbocycles. The summed E-state index contributed by atoms with van der Waals surface area (Å²) < 4.78 is 0. The summed E-state index contributed by atoms with van der Waals surface area (Å²) in [6, 6.07) is -0.308. The lowest BCUT2D eigenvalue weighted by molar-refractivity contribution is 0.225. The van der Waals surface area contributed by atoms with Gasteiger partial charge in [0.1, 0.15) is 0 Å². The van der Waals surface area contributed by atoms with Crippen molar-refractivity contribution in [2.75, 3.05) is 6.54 Å². The molecule has 2 radical (unpaired) electrons. The zero-order chi connectivity index (χ0) is 6.69. The van der Waals surface area contributed by atoms with Crippen LogP contribution < -0.4 is 0 Å². The molecule has 9 heavy (non-hydrogen) atoms. The molecule has 2 amide bonds. The first-order chi connectivity index (χ1) is 4.34. The summed E-state index contributed by atoms with van der Waals surface area (Å²) in [5.41, 5.74) is 0. The number of hydrogen-bond donors (Lipinski definition) is 0. The molecule has 0 aromatic heterocycles. The number of rotatable bonds is 2. The monoisotopic (exact) mass is 125 g/mol. The van der Waals surface area contributed by atoms with E-state index in [0.29, 0.717) is 6.54 Å². The van der Waals surface area contributed by atoms with E-state index in [2.05, 4.69) is 16.9 Å². The highest BCUT2D eigenvalue weighted by molar-refractivity contribution is 5.76. The molecule has 0 unspecified atom stereocenters. The minimum absolute atomic E-state index is 0.308. The van der Waals surface area contributed by atoms with Gasteiger partial charge in [0.05, 0.1) is 0 Å². The van der Waals surface area contributed by atoms with Crippen molar-refractivity contribution in [1.29, 1.82) is 0 Å². The van der Waals surface area contributed by atoms with Gasteiger partial charge in [0, 0.05) is 6.54 Å². The van der Waals surface area contributed by atoms with Gasteiger partial charge in [-0.15, -0.1) is 5.11 Å². The maximum atomic E-state index is 10.6. The first kappa shape index (κ1) is 6.19. The molecule has 0 N–H and O–H groups in total. The standard InChI is InChI=1S/C5H7N3O/c1-2-3-8-4-6-7-5(8)9/h2-3H2,1H3. The number of azo groups is 1. The highest BCUT2D eigenvalue weighted by Crippen LogP contribution is 2.07. The maximum Gasteiger partial charge on any atom is 0.364 e. The van der Waals surface area contributed by atoms with Gasteiger partial charge >= 0.3 is 6.03 Å². The predicted octanol–water partition coefficient (Wildman–Crippen LogP) is 1.28. The number of nitrogens with zero attached hydrogens (tertiary/aromatic N) is 3. The van der Waals surface area contributed by atoms with Gasteiger partial charge in [-0.05, 0) is 6.42 Å². The molecule has 0 spiro atoms. The topological polar surface area (TPSA) is 45.0 Å². The molecule has 1 aliphatic heterocycles. The SMILES string of the molecule is CCCN1[C]N=NC1=O. The minimum Gasteiger partial charge on any atom is -0.287 e. The molecule has 0 aliphatic carbocycles. The molecule has 0 saturated carbocycles. The van der Waals surface area contributed by atoms with Gasteiger partial charge in [0.15, 0.2) is 0 Å². The van der Waals surface area contributed by atoms with Gasteiger partial charge in [-0.2, -0.15) is 0 Å². The van der Waals surface area contributed by atoms with E-state index in [4.69, 9.17) is 0 Å². The predicted molar refractivity (Wildman–Crippen MR) is 30.5 cm³/mol. The molecule has 4 heteroatoms. The van der Waals surface area contributed by atoms with E-state index in [1.54, 1.807) is 0 Å². The highest BCUT2D eigenvalue weighted by Gasteiger charge is 2.17. The van der Waals surface area contributed by atoms with Crippen LogP contribution in [0, 0.1) is 6.67 Å². The lowest BCUT2D eigenvalue weighted by atomic mass is 10.4. The van der Waals surface area contributed by atoms with Gasteiger partial charge in [0.25, 0.3) is 6.67 Å². The second kappa shape index (κ2) is 2.57. The number of amides is 2. The van der Waals surface area contributed by atoms with Gasteiger partial charge < -0.3 is 0 Å². The van der Waals surface area contributed by atoms with Crippen LogP contribution >= 0.6 is 0 Å². The van der Waals surface area contributed by atoms with Crippen LogP contribution in [0.1, 0.15) is 13.3 Å². The molecule has 0 aromatic rings. The molecular formula is C5H7N3O. The number of hydrogen-bond acceptors (Lipinski definition) is 2. The Morgan fingerprint density at radius 1 is 1.78 bits per heavy atom. The Bertz CT molecular complexity index is 143. The second-order valence-corrected chi connectivity index (χ2v) is 1.73. The molecule has 1 aliphatic rings. The van der Waals surface area contributed by atoms with E-state index < -0.39 is 0 Å². The average Bonchev–Trinajstić information content (AvgIpc) is 2.18. The molecule has 4 nitrogen and oxygen atoms in total. The third-order valence-electron chi connectivity index (χ3n) is 0.979. The Balaban J connectivity index is 2.37. The maximum absolute atomic E-state index is 10.6. The summed E-state index contributed by atoms with van der Waals surface area (Å²) in [7, 11) is 0. The molecule has 1 rings (SSSR count). The zero-order valence-electron chi connectivity index (χ0n) is 5.16. The van der Waals surface area contributed by atoms with Crippen LogP contribution in [0.5, 0.6) is 0 Å². The molecule has 0 atom stereocenters. The molecule has 0 fully saturated rings. The summed E-state index contributed by atoms with van der Waals surface area (Å²) in [5, 5.41) is 6.55. The van der Waals surface area contributed by atoms with E-state index in [9.17, 15) is 4.79 Å². The van der Waals surface area contributed by atoms with Gasteiger partial charge in [-0.25, -0.2) is 4.79 Å². The van der Waals surface area contributed by atoms with E-state index in [1.165, 1.54) is 4.90 Å². The summed E-state index contributed by atoms with van der Waals surface area (Å²) >= 11 is 0. The molecule has 1 heterocycles. The Labute approximate surface area is 53.6 Å². The molecular weight excluding hydrogens is 118 g/mol. The van der Waals surface area contributed by atoms with Crippen molar-refractivity contribution >= 4 is 6.03 Å².